The van der Waals surface area contributed by atoms with Gasteiger partial charge >= 0.3 is 11.9 Å². The van der Waals surface area contributed by atoms with Crippen LogP contribution in [0.15, 0.2) is 85.1 Å². The van der Waals surface area contributed by atoms with Gasteiger partial charge < -0.3 is 18.9 Å². The number of hydrogen-bond donors (Lipinski definition) is 0. The summed E-state index contributed by atoms with van der Waals surface area (Å²) >= 11 is 0. The molecule has 3 rings (SSSR count). The minimum atomic E-state index is -0.514. The van der Waals surface area contributed by atoms with E-state index in [0.29, 0.717) is 39.9 Å². The quantitative estimate of drug-likeness (QED) is 0.312. The fraction of sp³-hybridized carbons (Fsp3) is 0.0833. The van der Waals surface area contributed by atoms with E-state index in [1.165, 1.54) is 0 Å². The first-order valence-corrected chi connectivity index (χ1v) is 9.06. The third kappa shape index (κ3) is 5.48. The van der Waals surface area contributed by atoms with E-state index in [4.69, 9.17) is 18.9 Å². The SMILES string of the molecule is C=C(C)Oc1ccc(C(=O)Oc2ccc(OC(=O)c3ccc(OC)cc3)cc2)cc1. The predicted molar refractivity (Wildman–Crippen MR) is 111 cm³/mol. The van der Waals surface area contributed by atoms with E-state index >= 15 is 0 Å². The second kappa shape index (κ2) is 9.43. The fourth-order valence-electron chi connectivity index (χ4n) is 2.50. The van der Waals surface area contributed by atoms with E-state index < -0.39 is 11.9 Å². The summed E-state index contributed by atoms with van der Waals surface area (Å²) in [5.74, 6) is 1.43. The first-order chi connectivity index (χ1) is 14.4. The third-order valence-electron chi connectivity index (χ3n) is 3.95. The van der Waals surface area contributed by atoms with Crippen molar-refractivity contribution in [1.82, 2.24) is 0 Å². The van der Waals surface area contributed by atoms with Gasteiger partial charge in [0.05, 0.1) is 24.0 Å². The van der Waals surface area contributed by atoms with Gasteiger partial charge in [0.25, 0.3) is 0 Å². The molecule has 0 radical (unpaired) electrons. The van der Waals surface area contributed by atoms with Crippen LogP contribution < -0.4 is 18.9 Å². The first kappa shape index (κ1) is 20.7. The van der Waals surface area contributed by atoms with Gasteiger partial charge in [-0.15, -0.1) is 0 Å². The lowest BCUT2D eigenvalue weighted by Gasteiger charge is -2.08. The van der Waals surface area contributed by atoms with Crippen LogP contribution >= 0.6 is 0 Å². The third-order valence-corrected chi connectivity index (χ3v) is 3.95. The van der Waals surface area contributed by atoms with Crippen molar-refractivity contribution >= 4 is 11.9 Å². The Bertz CT molecular complexity index is 1030. The van der Waals surface area contributed by atoms with Crippen molar-refractivity contribution in [2.24, 2.45) is 0 Å². The Hall–Kier alpha value is -4.06. The van der Waals surface area contributed by atoms with E-state index in [2.05, 4.69) is 6.58 Å². The average molecular weight is 404 g/mol. The van der Waals surface area contributed by atoms with E-state index in [1.807, 2.05) is 0 Å². The summed E-state index contributed by atoms with van der Waals surface area (Å²) in [6.45, 7) is 5.40. The van der Waals surface area contributed by atoms with E-state index in [1.54, 1.807) is 86.8 Å². The maximum absolute atomic E-state index is 12.3. The molecule has 0 saturated carbocycles. The topological polar surface area (TPSA) is 71.1 Å². The second-order valence-corrected chi connectivity index (χ2v) is 6.31. The minimum Gasteiger partial charge on any atom is -0.497 e. The molecule has 3 aromatic carbocycles. The molecule has 0 atom stereocenters. The van der Waals surface area contributed by atoms with Crippen LogP contribution in [-0.4, -0.2) is 19.0 Å². The van der Waals surface area contributed by atoms with Crippen LogP contribution in [0.1, 0.15) is 27.6 Å². The average Bonchev–Trinajstić information content (AvgIpc) is 2.75. The molecule has 0 fully saturated rings. The van der Waals surface area contributed by atoms with Crippen LogP contribution in [-0.2, 0) is 0 Å². The number of ether oxygens (including phenoxy) is 4. The van der Waals surface area contributed by atoms with Crippen molar-refractivity contribution in [2.75, 3.05) is 7.11 Å². The standard InChI is InChI=1S/C24H20O6/c1-16(2)28-20-10-6-18(7-11-20)24(26)30-22-14-12-21(13-15-22)29-23(25)17-4-8-19(27-3)9-5-17/h4-15H,1H2,2-3H3. The summed E-state index contributed by atoms with van der Waals surface area (Å²) in [4.78, 5) is 24.5. The molecule has 0 aromatic heterocycles. The van der Waals surface area contributed by atoms with Gasteiger partial charge in [-0.1, -0.05) is 6.58 Å². The smallest absolute Gasteiger partial charge is 0.343 e. The van der Waals surface area contributed by atoms with Crippen molar-refractivity contribution in [3.63, 3.8) is 0 Å². The molecule has 0 bridgehead atoms. The molecule has 6 nitrogen and oxygen atoms in total. The summed E-state index contributed by atoms with van der Waals surface area (Å²) in [5, 5.41) is 0. The number of carbonyl (C=O) groups excluding carboxylic acids is 2. The molecule has 0 saturated heterocycles. The molecule has 0 aliphatic carbocycles. The van der Waals surface area contributed by atoms with E-state index in [-0.39, 0.29) is 0 Å². The predicted octanol–water partition coefficient (Wildman–Crippen LogP) is 5.05. The van der Waals surface area contributed by atoms with Gasteiger partial charge in [0.1, 0.15) is 23.0 Å². The molecule has 0 N–H and O–H groups in total. The lowest BCUT2D eigenvalue weighted by Crippen LogP contribution is -2.09. The number of methoxy groups -OCH3 is 1. The van der Waals surface area contributed by atoms with Crippen LogP contribution in [0.3, 0.4) is 0 Å². The van der Waals surface area contributed by atoms with Crippen LogP contribution in [0.25, 0.3) is 0 Å². The highest BCUT2D eigenvalue weighted by atomic mass is 16.5. The molecule has 0 spiro atoms. The number of esters is 2. The summed E-state index contributed by atoms with van der Waals surface area (Å²) < 4.78 is 21.1. The molecule has 0 amide bonds. The Kier molecular flexibility index (Phi) is 6.49. The largest absolute Gasteiger partial charge is 0.497 e. The zero-order chi connectivity index (χ0) is 21.5. The van der Waals surface area contributed by atoms with Gasteiger partial charge in [0.15, 0.2) is 0 Å². The van der Waals surface area contributed by atoms with Crippen molar-refractivity contribution in [3.8, 4) is 23.0 Å². The molecule has 3 aromatic rings. The molecule has 0 unspecified atom stereocenters. The van der Waals surface area contributed by atoms with Crippen molar-refractivity contribution in [2.45, 2.75) is 6.92 Å². The lowest BCUT2D eigenvalue weighted by atomic mass is 10.2. The Labute approximate surface area is 174 Å². The molecule has 0 aliphatic heterocycles. The summed E-state index contributed by atoms with van der Waals surface area (Å²) in [7, 11) is 1.55. The van der Waals surface area contributed by atoms with Gasteiger partial charge in [-0.2, -0.15) is 0 Å². The molecule has 30 heavy (non-hydrogen) atoms. The van der Waals surface area contributed by atoms with Crippen molar-refractivity contribution in [1.29, 1.82) is 0 Å². The monoisotopic (exact) mass is 404 g/mol. The number of rotatable bonds is 7. The molecule has 152 valence electrons. The van der Waals surface area contributed by atoms with Gasteiger partial charge in [-0.25, -0.2) is 9.59 Å². The van der Waals surface area contributed by atoms with Crippen molar-refractivity contribution in [3.05, 3.63) is 96.3 Å². The second-order valence-electron chi connectivity index (χ2n) is 6.31. The lowest BCUT2D eigenvalue weighted by molar-refractivity contribution is 0.0719. The summed E-state index contributed by atoms with van der Waals surface area (Å²) in [5.41, 5.74) is 0.768. The Balaban J connectivity index is 1.58. The van der Waals surface area contributed by atoms with Gasteiger partial charge in [-0.05, 0) is 79.7 Å². The zero-order valence-corrected chi connectivity index (χ0v) is 16.6. The van der Waals surface area contributed by atoms with E-state index in [0.717, 1.165) is 0 Å². The van der Waals surface area contributed by atoms with Crippen LogP contribution in [0, 0.1) is 0 Å². The minimum absolute atomic E-state index is 0.325. The molecular formula is C24H20O6. The fourth-order valence-corrected chi connectivity index (χ4v) is 2.50. The highest BCUT2D eigenvalue weighted by Crippen LogP contribution is 2.21. The van der Waals surface area contributed by atoms with Gasteiger partial charge in [0, 0.05) is 0 Å². The summed E-state index contributed by atoms with van der Waals surface area (Å²) in [6.07, 6.45) is 0. The van der Waals surface area contributed by atoms with Crippen LogP contribution in [0.2, 0.25) is 0 Å². The highest BCUT2D eigenvalue weighted by molar-refractivity contribution is 5.92. The number of allylic oxidation sites excluding steroid dienone is 1. The van der Waals surface area contributed by atoms with E-state index in [9.17, 15) is 9.59 Å². The molecule has 6 heteroatoms. The van der Waals surface area contributed by atoms with Gasteiger partial charge in [0.2, 0.25) is 0 Å². The normalized spacial score (nSPS) is 10.1. The van der Waals surface area contributed by atoms with Gasteiger partial charge in [-0.3, -0.25) is 0 Å². The van der Waals surface area contributed by atoms with Crippen LogP contribution in [0.5, 0.6) is 23.0 Å². The maximum Gasteiger partial charge on any atom is 0.343 e. The Morgan fingerprint density at radius 2 is 0.933 bits per heavy atom. The Morgan fingerprint density at radius 3 is 1.30 bits per heavy atom. The number of carbonyl (C=O) groups is 2. The zero-order valence-electron chi connectivity index (χ0n) is 16.6. The number of benzene rings is 3. The highest BCUT2D eigenvalue weighted by Gasteiger charge is 2.11. The summed E-state index contributed by atoms with van der Waals surface area (Å²) in [6, 6.07) is 19.3. The van der Waals surface area contributed by atoms with Crippen LogP contribution in [0.4, 0.5) is 0 Å². The number of hydrogen-bond acceptors (Lipinski definition) is 6. The van der Waals surface area contributed by atoms with Crippen molar-refractivity contribution < 1.29 is 28.5 Å². The maximum atomic E-state index is 12.3. The molecule has 0 heterocycles. The first-order valence-electron chi connectivity index (χ1n) is 9.06. The Morgan fingerprint density at radius 1 is 0.600 bits per heavy atom. The molecular weight excluding hydrogens is 384 g/mol. The molecule has 0 aliphatic rings.